The Balaban J connectivity index is 3.84. The first-order valence-corrected chi connectivity index (χ1v) is 5.91. The molecule has 4 heteroatoms. The Morgan fingerprint density at radius 1 is 1.18 bits per heavy atom. The molecule has 0 spiro atoms. The van der Waals surface area contributed by atoms with E-state index in [1.54, 1.807) is 6.92 Å². The van der Waals surface area contributed by atoms with Gasteiger partial charge in [-0.05, 0) is 19.8 Å². The Labute approximate surface area is 103 Å². The van der Waals surface area contributed by atoms with Crippen LogP contribution in [0.3, 0.4) is 0 Å². The van der Waals surface area contributed by atoms with E-state index in [0.29, 0.717) is 13.0 Å². The molecule has 0 fully saturated rings. The lowest BCUT2D eigenvalue weighted by molar-refractivity contribution is -0.152. The Morgan fingerprint density at radius 2 is 1.82 bits per heavy atom. The van der Waals surface area contributed by atoms with Crippen molar-refractivity contribution in [3.05, 3.63) is 0 Å². The minimum atomic E-state index is -0.409. The van der Waals surface area contributed by atoms with Gasteiger partial charge in [0.15, 0.2) is 6.10 Å². The van der Waals surface area contributed by atoms with Crippen molar-refractivity contribution in [1.82, 2.24) is 0 Å². The molecule has 0 bridgehead atoms. The van der Waals surface area contributed by atoms with Crippen molar-refractivity contribution < 1.29 is 19.1 Å². The second kappa shape index (κ2) is 9.71. The third-order valence-electron chi connectivity index (χ3n) is 1.95. The molecule has 17 heavy (non-hydrogen) atoms. The molecule has 0 N–H and O–H groups in total. The van der Waals surface area contributed by atoms with Crippen molar-refractivity contribution in [2.45, 2.75) is 52.6 Å². The highest BCUT2D eigenvalue weighted by molar-refractivity contribution is 5.77. The fourth-order valence-corrected chi connectivity index (χ4v) is 1.09. The zero-order valence-corrected chi connectivity index (χ0v) is 10.7. The Hall–Kier alpha value is -1.50. The van der Waals surface area contributed by atoms with E-state index in [1.807, 2.05) is 13.8 Å². The van der Waals surface area contributed by atoms with Crippen molar-refractivity contribution in [2.75, 3.05) is 6.61 Å². The van der Waals surface area contributed by atoms with Gasteiger partial charge in [-0.15, -0.1) is 5.92 Å². The summed E-state index contributed by atoms with van der Waals surface area (Å²) in [5.41, 5.74) is 0. The lowest BCUT2D eigenvalue weighted by Gasteiger charge is -2.09. The molecule has 1 unspecified atom stereocenters. The largest absolute Gasteiger partial charge is 0.466 e. The number of esters is 2. The smallest absolute Gasteiger partial charge is 0.307 e. The minimum absolute atomic E-state index is 0.0461. The van der Waals surface area contributed by atoms with Gasteiger partial charge in [-0.1, -0.05) is 19.8 Å². The van der Waals surface area contributed by atoms with E-state index in [4.69, 9.17) is 9.47 Å². The first-order valence-electron chi connectivity index (χ1n) is 5.91. The van der Waals surface area contributed by atoms with E-state index in [0.717, 1.165) is 6.42 Å². The highest BCUT2D eigenvalue weighted by atomic mass is 16.5. The molecule has 0 aromatic rings. The third-order valence-corrected chi connectivity index (χ3v) is 1.95. The van der Waals surface area contributed by atoms with E-state index in [9.17, 15) is 9.59 Å². The first-order chi connectivity index (χ1) is 8.13. The van der Waals surface area contributed by atoms with Crippen molar-refractivity contribution >= 4 is 11.9 Å². The number of hydrogen-bond donors (Lipinski definition) is 0. The Bertz CT molecular complexity index is 298. The van der Waals surface area contributed by atoms with Crippen LogP contribution in [0.2, 0.25) is 0 Å². The Kier molecular flexibility index (Phi) is 8.85. The highest BCUT2D eigenvalue weighted by Crippen LogP contribution is 2.02. The molecule has 0 saturated heterocycles. The monoisotopic (exact) mass is 240 g/mol. The van der Waals surface area contributed by atoms with Crippen LogP contribution in [0, 0.1) is 11.8 Å². The molecule has 4 nitrogen and oxygen atoms in total. The summed E-state index contributed by atoms with van der Waals surface area (Å²) in [6.45, 7) is 5.89. The van der Waals surface area contributed by atoms with E-state index in [-0.39, 0.29) is 24.9 Å². The van der Waals surface area contributed by atoms with Gasteiger partial charge in [-0.25, -0.2) is 0 Å². The van der Waals surface area contributed by atoms with Crippen LogP contribution in [0.5, 0.6) is 0 Å². The van der Waals surface area contributed by atoms with Crippen molar-refractivity contribution in [3.8, 4) is 11.8 Å². The summed E-state index contributed by atoms with van der Waals surface area (Å²) in [5, 5.41) is 0. The first kappa shape index (κ1) is 15.5. The molecule has 0 amide bonds. The van der Waals surface area contributed by atoms with Gasteiger partial charge in [0.25, 0.3) is 0 Å². The SMILES string of the molecule is CC#CC(CC)OC(=O)CCC(=O)OCCC. The van der Waals surface area contributed by atoms with Crippen LogP contribution in [-0.4, -0.2) is 24.6 Å². The van der Waals surface area contributed by atoms with Gasteiger partial charge in [0.1, 0.15) is 0 Å². The van der Waals surface area contributed by atoms with E-state index in [1.165, 1.54) is 0 Å². The quantitative estimate of drug-likeness (QED) is 0.505. The van der Waals surface area contributed by atoms with Crippen LogP contribution in [0.4, 0.5) is 0 Å². The predicted octanol–water partition coefficient (Wildman–Crippen LogP) is 2.06. The second-order valence-electron chi connectivity index (χ2n) is 3.50. The fourth-order valence-electron chi connectivity index (χ4n) is 1.09. The van der Waals surface area contributed by atoms with Crippen LogP contribution in [0.15, 0.2) is 0 Å². The molecule has 0 rings (SSSR count). The summed E-state index contributed by atoms with van der Waals surface area (Å²) in [4.78, 5) is 22.5. The van der Waals surface area contributed by atoms with Gasteiger partial charge in [-0.2, -0.15) is 0 Å². The van der Waals surface area contributed by atoms with E-state index in [2.05, 4.69) is 11.8 Å². The van der Waals surface area contributed by atoms with E-state index >= 15 is 0 Å². The maximum Gasteiger partial charge on any atom is 0.307 e. The van der Waals surface area contributed by atoms with E-state index < -0.39 is 5.97 Å². The van der Waals surface area contributed by atoms with Gasteiger partial charge in [0.2, 0.25) is 0 Å². The molecule has 0 aromatic heterocycles. The molecule has 96 valence electrons. The number of carbonyl (C=O) groups is 2. The number of rotatable bonds is 7. The molecule has 0 aliphatic carbocycles. The number of carbonyl (C=O) groups excluding carboxylic acids is 2. The van der Waals surface area contributed by atoms with Gasteiger partial charge < -0.3 is 9.47 Å². The maximum atomic E-state index is 11.4. The van der Waals surface area contributed by atoms with Gasteiger partial charge in [0, 0.05) is 0 Å². The average molecular weight is 240 g/mol. The molecule has 1 atom stereocenters. The van der Waals surface area contributed by atoms with Crippen LogP contribution in [0.1, 0.15) is 46.5 Å². The molecule has 0 aromatic carbocycles. The second-order valence-corrected chi connectivity index (χ2v) is 3.50. The van der Waals surface area contributed by atoms with Gasteiger partial charge in [-0.3, -0.25) is 9.59 Å². The topological polar surface area (TPSA) is 52.6 Å². The van der Waals surface area contributed by atoms with Crippen molar-refractivity contribution in [3.63, 3.8) is 0 Å². The average Bonchev–Trinajstić information content (AvgIpc) is 2.33. The van der Waals surface area contributed by atoms with Gasteiger partial charge in [0.05, 0.1) is 19.4 Å². The van der Waals surface area contributed by atoms with Crippen LogP contribution < -0.4 is 0 Å². The summed E-state index contributed by atoms with van der Waals surface area (Å²) in [5.74, 6) is 4.70. The maximum absolute atomic E-state index is 11.4. The third kappa shape index (κ3) is 8.32. The molecule has 0 radical (unpaired) electrons. The fraction of sp³-hybridized carbons (Fsp3) is 0.692. The highest BCUT2D eigenvalue weighted by Gasteiger charge is 2.12. The molecule has 0 aliphatic heterocycles. The van der Waals surface area contributed by atoms with Crippen molar-refractivity contribution in [2.24, 2.45) is 0 Å². The molecule has 0 saturated carbocycles. The Morgan fingerprint density at radius 3 is 2.35 bits per heavy atom. The normalized spacial score (nSPS) is 11.0. The standard InChI is InChI=1S/C13H20O4/c1-4-7-11(6-3)17-13(15)9-8-12(14)16-10-5-2/h11H,5-6,8-10H2,1-3H3. The van der Waals surface area contributed by atoms with Crippen LogP contribution >= 0.6 is 0 Å². The lowest BCUT2D eigenvalue weighted by atomic mass is 10.2. The summed E-state index contributed by atoms with van der Waals surface area (Å²) >= 11 is 0. The zero-order chi connectivity index (χ0) is 13.1. The zero-order valence-electron chi connectivity index (χ0n) is 10.7. The molecular formula is C13H20O4. The molecular weight excluding hydrogens is 220 g/mol. The van der Waals surface area contributed by atoms with Gasteiger partial charge >= 0.3 is 11.9 Å². The summed E-state index contributed by atoms with van der Waals surface area (Å²) in [6.07, 6.45) is 1.16. The summed E-state index contributed by atoms with van der Waals surface area (Å²) in [7, 11) is 0. The van der Waals surface area contributed by atoms with Crippen molar-refractivity contribution in [1.29, 1.82) is 0 Å². The summed E-state index contributed by atoms with van der Waals surface area (Å²) < 4.78 is 9.92. The number of hydrogen-bond acceptors (Lipinski definition) is 4. The minimum Gasteiger partial charge on any atom is -0.466 e. The predicted molar refractivity (Wildman–Crippen MR) is 64.1 cm³/mol. The molecule has 0 heterocycles. The lowest BCUT2D eigenvalue weighted by Crippen LogP contribution is -2.17. The van der Waals surface area contributed by atoms with Crippen LogP contribution in [0.25, 0.3) is 0 Å². The summed E-state index contributed by atoms with van der Waals surface area (Å²) in [6, 6.07) is 0. The van der Waals surface area contributed by atoms with Crippen LogP contribution in [-0.2, 0) is 19.1 Å². The molecule has 0 aliphatic rings. The number of ether oxygens (including phenoxy) is 2.